The lowest BCUT2D eigenvalue weighted by atomic mass is 10.1. The smallest absolute Gasteiger partial charge is 0.417 e. The first-order valence-electron chi connectivity index (χ1n) is 11.5. The lowest BCUT2D eigenvalue weighted by Crippen LogP contribution is -2.44. The third-order valence-electron chi connectivity index (χ3n) is 5.57. The van der Waals surface area contributed by atoms with Crippen molar-refractivity contribution in [3.05, 3.63) is 66.7 Å². The second-order valence-corrected chi connectivity index (χ2v) is 10.3. The van der Waals surface area contributed by atoms with Gasteiger partial charge in [-0.25, -0.2) is 13.2 Å². The first kappa shape index (κ1) is 26.0. The van der Waals surface area contributed by atoms with E-state index in [1.165, 1.54) is 12.1 Å². The van der Waals surface area contributed by atoms with E-state index < -0.39 is 34.0 Å². The molecule has 11 heteroatoms. The lowest BCUT2D eigenvalue weighted by molar-refractivity contribution is -0.140. The van der Waals surface area contributed by atoms with Crippen LogP contribution in [0.4, 0.5) is 10.5 Å². The van der Waals surface area contributed by atoms with Gasteiger partial charge in [0.05, 0.1) is 4.90 Å². The Bertz CT molecular complexity index is 1390. The number of carboxylic acid groups (broad SMARTS) is 1. The molecule has 0 aromatic heterocycles. The predicted molar refractivity (Wildman–Crippen MR) is 136 cm³/mol. The molecule has 0 saturated heterocycles. The number of carboxylic acids is 1. The molecule has 1 aliphatic rings. The Balaban J connectivity index is 1.38. The fraction of sp³-hybridized carbons (Fsp3) is 0.231. The highest BCUT2D eigenvalue weighted by Gasteiger charge is 2.28. The third-order valence-corrected chi connectivity index (χ3v) is 7.02. The molecule has 37 heavy (non-hydrogen) atoms. The van der Waals surface area contributed by atoms with E-state index in [-0.39, 0.29) is 4.90 Å². The van der Waals surface area contributed by atoms with E-state index >= 15 is 0 Å². The SMILES string of the molecule is CC(C)[C@@H](NS(=O)(=O)c1ccc(-c2ccc(OC(=O)Nc3ccc4c(c3)OCCO4)cc2)cc1)C(=O)O. The van der Waals surface area contributed by atoms with E-state index in [1.54, 1.807) is 68.4 Å². The minimum atomic E-state index is -4.01. The van der Waals surface area contributed by atoms with Crippen LogP contribution in [0.3, 0.4) is 0 Å². The molecule has 3 aromatic rings. The maximum absolute atomic E-state index is 12.6. The Morgan fingerprint density at radius 1 is 0.892 bits per heavy atom. The molecule has 3 N–H and O–H groups in total. The summed E-state index contributed by atoms with van der Waals surface area (Å²) in [4.78, 5) is 23.6. The molecule has 1 heterocycles. The Morgan fingerprint density at radius 2 is 1.49 bits per heavy atom. The second kappa shape index (κ2) is 10.9. The van der Waals surface area contributed by atoms with E-state index in [1.807, 2.05) is 0 Å². The van der Waals surface area contributed by atoms with Crippen molar-refractivity contribution >= 4 is 27.8 Å². The van der Waals surface area contributed by atoms with E-state index in [0.29, 0.717) is 36.1 Å². The largest absolute Gasteiger partial charge is 0.486 e. The van der Waals surface area contributed by atoms with Gasteiger partial charge < -0.3 is 19.3 Å². The summed E-state index contributed by atoms with van der Waals surface area (Å²) >= 11 is 0. The molecule has 0 fully saturated rings. The molecule has 1 aliphatic heterocycles. The molecule has 0 unspecified atom stereocenters. The molecule has 0 radical (unpaired) electrons. The van der Waals surface area contributed by atoms with Gasteiger partial charge >= 0.3 is 12.1 Å². The minimum absolute atomic E-state index is 0.0427. The molecule has 1 atom stereocenters. The van der Waals surface area contributed by atoms with Crippen LogP contribution in [0.5, 0.6) is 17.2 Å². The van der Waals surface area contributed by atoms with Crippen molar-refractivity contribution in [2.75, 3.05) is 18.5 Å². The Morgan fingerprint density at radius 3 is 2.08 bits per heavy atom. The molecule has 0 saturated carbocycles. The summed E-state index contributed by atoms with van der Waals surface area (Å²) in [5.41, 5.74) is 1.99. The summed E-state index contributed by atoms with van der Waals surface area (Å²) in [6, 6.07) is 16.5. The molecule has 0 spiro atoms. The third kappa shape index (κ3) is 6.38. The predicted octanol–water partition coefficient (Wildman–Crippen LogP) is 4.12. The summed E-state index contributed by atoms with van der Waals surface area (Å²) in [7, 11) is -4.01. The van der Waals surface area contributed by atoms with Gasteiger partial charge in [-0.05, 0) is 53.4 Å². The van der Waals surface area contributed by atoms with Gasteiger partial charge in [0.2, 0.25) is 10.0 Å². The average molecular weight is 527 g/mol. The van der Waals surface area contributed by atoms with Gasteiger partial charge in [0.1, 0.15) is 25.0 Å². The van der Waals surface area contributed by atoms with Crippen LogP contribution in [0, 0.1) is 5.92 Å². The number of rotatable bonds is 8. The van der Waals surface area contributed by atoms with E-state index in [2.05, 4.69) is 10.0 Å². The van der Waals surface area contributed by atoms with Crippen molar-refractivity contribution in [3.63, 3.8) is 0 Å². The first-order chi connectivity index (χ1) is 17.6. The molecule has 10 nitrogen and oxygen atoms in total. The van der Waals surface area contributed by atoms with Crippen molar-refractivity contribution in [3.8, 4) is 28.4 Å². The number of carbonyl (C=O) groups excluding carboxylic acids is 1. The van der Waals surface area contributed by atoms with Gasteiger partial charge in [-0.2, -0.15) is 4.72 Å². The van der Waals surface area contributed by atoms with E-state index in [0.717, 1.165) is 11.1 Å². The number of carbonyl (C=O) groups is 2. The van der Waals surface area contributed by atoms with Crippen LogP contribution < -0.4 is 24.2 Å². The van der Waals surface area contributed by atoms with Gasteiger partial charge in [0.15, 0.2) is 11.5 Å². The summed E-state index contributed by atoms with van der Waals surface area (Å²) in [6.07, 6.45) is -0.674. The van der Waals surface area contributed by atoms with Crippen LogP contribution in [0.25, 0.3) is 11.1 Å². The van der Waals surface area contributed by atoms with Gasteiger partial charge in [-0.1, -0.05) is 38.1 Å². The van der Waals surface area contributed by atoms with Gasteiger partial charge in [0.25, 0.3) is 0 Å². The normalized spacial score (nSPS) is 13.6. The standard InChI is InChI=1S/C26H26N2O8S/c1-16(2)24(25(29)30)28-37(32,33)21-10-5-18(6-11-21)17-3-8-20(9-4-17)36-26(31)27-19-7-12-22-23(15-19)35-14-13-34-22/h3-12,15-16,24,28H,13-14H2,1-2H3,(H,27,31)(H,29,30)/t24-/m1/s1. The molecule has 194 valence electrons. The fourth-order valence-corrected chi connectivity index (χ4v) is 4.96. The zero-order valence-electron chi connectivity index (χ0n) is 20.1. The van der Waals surface area contributed by atoms with Crippen LogP contribution in [0.1, 0.15) is 13.8 Å². The molecule has 0 bridgehead atoms. The van der Waals surface area contributed by atoms with E-state index in [9.17, 15) is 23.1 Å². The Labute approximate surface area is 214 Å². The number of anilines is 1. The molecule has 1 amide bonds. The molecule has 3 aromatic carbocycles. The maximum atomic E-state index is 12.6. The number of aliphatic carboxylic acids is 1. The number of amides is 1. The van der Waals surface area contributed by atoms with Crippen LogP contribution in [-0.2, 0) is 14.8 Å². The number of hydrogen-bond donors (Lipinski definition) is 3. The number of benzene rings is 3. The fourth-order valence-electron chi connectivity index (χ4n) is 3.62. The highest BCUT2D eigenvalue weighted by atomic mass is 32.2. The van der Waals surface area contributed by atoms with Gasteiger partial charge in [-0.3, -0.25) is 10.1 Å². The van der Waals surface area contributed by atoms with Crippen LogP contribution in [0.2, 0.25) is 0 Å². The zero-order chi connectivity index (χ0) is 26.6. The van der Waals surface area contributed by atoms with Gasteiger partial charge in [-0.15, -0.1) is 0 Å². The summed E-state index contributed by atoms with van der Waals surface area (Å²) in [5, 5.41) is 11.9. The Hall–Kier alpha value is -4.09. The van der Waals surface area contributed by atoms with Crippen LogP contribution in [0.15, 0.2) is 71.6 Å². The topological polar surface area (TPSA) is 140 Å². The zero-order valence-corrected chi connectivity index (χ0v) is 20.9. The van der Waals surface area contributed by atoms with Gasteiger partial charge in [0, 0.05) is 11.8 Å². The molecule has 4 rings (SSSR count). The monoisotopic (exact) mass is 526 g/mol. The second-order valence-electron chi connectivity index (χ2n) is 8.60. The number of nitrogens with one attached hydrogen (secondary N) is 2. The number of sulfonamides is 1. The number of fused-ring (bicyclic) bond motifs is 1. The number of hydrogen-bond acceptors (Lipinski definition) is 7. The maximum Gasteiger partial charge on any atom is 0.417 e. The van der Waals surface area contributed by atoms with Crippen molar-refractivity contribution in [2.45, 2.75) is 24.8 Å². The molecular formula is C26H26N2O8S. The highest BCUT2D eigenvalue weighted by Crippen LogP contribution is 2.32. The van der Waals surface area contributed by atoms with Crippen molar-refractivity contribution in [1.82, 2.24) is 4.72 Å². The summed E-state index contributed by atoms with van der Waals surface area (Å²) in [5.74, 6) is -0.184. The van der Waals surface area contributed by atoms with Crippen molar-refractivity contribution in [2.24, 2.45) is 5.92 Å². The van der Waals surface area contributed by atoms with Crippen LogP contribution in [-0.4, -0.2) is 44.8 Å². The first-order valence-corrected chi connectivity index (χ1v) is 12.9. The van der Waals surface area contributed by atoms with E-state index in [4.69, 9.17) is 14.2 Å². The Kier molecular flexibility index (Phi) is 7.65. The van der Waals surface area contributed by atoms with Crippen LogP contribution >= 0.6 is 0 Å². The average Bonchev–Trinajstić information content (AvgIpc) is 2.87. The highest BCUT2D eigenvalue weighted by molar-refractivity contribution is 7.89. The molecular weight excluding hydrogens is 500 g/mol. The quantitative estimate of drug-likeness (QED) is 0.398. The minimum Gasteiger partial charge on any atom is -0.486 e. The van der Waals surface area contributed by atoms with Crippen molar-refractivity contribution in [1.29, 1.82) is 0 Å². The van der Waals surface area contributed by atoms with Crippen molar-refractivity contribution < 1.29 is 37.3 Å². The summed E-state index contributed by atoms with van der Waals surface area (Å²) in [6.45, 7) is 4.16. The summed E-state index contributed by atoms with van der Waals surface area (Å²) < 4.78 is 43.7. The number of ether oxygens (including phenoxy) is 3. The lowest BCUT2D eigenvalue weighted by Gasteiger charge is -2.18. The molecule has 0 aliphatic carbocycles.